The van der Waals surface area contributed by atoms with Crippen LogP contribution in [0.4, 0.5) is 5.69 Å². The van der Waals surface area contributed by atoms with Crippen LogP contribution in [0.3, 0.4) is 0 Å². The second-order valence-corrected chi connectivity index (χ2v) is 9.26. The SMILES string of the molecule is O=C1c2ccccc2C(=O)c2c1nnn2CCCc1ccc(N2CCN3CCCC3C2)cc1. The van der Waals surface area contributed by atoms with Crippen molar-refractivity contribution in [2.24, 2.45) is 0 Å². The van der Waals surface area contributed by atoms with Gasteiger partial charge in [0.1, 0.15) is 5.69 Å². The molecule has 3 aliphatic rings. The van der Waals surface area contributed by atoms with Gasteiger partial charge in [0.05, 0.1) is 0 Å². The molecular weight excluding hydrogens is 414 g/mol. The molecule has 3 heterocycles. The number of hydrogen-bond donors (Lipinski definition) is 0. The lowest BCUT2D eigenvalue weighted by Gasteiger charge is -2.38. The molecule has 3 aromatic rings. The van der Waals surface area contributed by atoms with E-state index in [1.54, 1.807) is 28.9 Å². The van der Waals surface area contributed by atoms with Crippen LogP contribution in [-0.4, -0.2) is 63.7 Å². The summed E-state index contributed by atoms with van der Waals surface area (Å²) in [5.41, 5.74) is 3.91. The van der Waals surface area contributed by atoms with Gasteiger partial charge >= 0.3 is 0 Å². The Labute approximate surface area is 193 Å². The number of aryl methyl sites for hydroxylation is 2. The lowest BCUT2D eigenvalue weighted by molar-refractivity contribution is 0.0970. The number of benzene rings is 2. The van der Waals surface area contributed by atoms with E-state index in [1.165, 1.54) is 37.2 Å². The van der Waals surface area contributed by atoms with Crippen molar-refractivity contribution in [3.05, 3.63) is 76.6 Å². The zero-order valence-corrected chi connectivity index (χ0v) is 18.6. The Hall–Kier alpha value is -3.32. The standard InChI is InChI=1S/C26H27N5O2/c32-25-21-7-1-2-8-22(21)26(33)24-23(25)27-28-31(24)14-3-5-18-9-11-19(12-10-18)30-16-15-29-13-4-6-20(29)17-30/h1-2,7-12,20H,3-6,13-17H2. The van der Waals surface area contributed by atoms with Gasteiger partial charge in [-0.05, 0) is 49.9 Å². The molecule has 2 aromatic carbocycles. The van der Waals surface area contributed by atoms with Crippen molar-refractivity contribution in [2.75, 3.05) is 31.1 Å². The molecule has 2 saturated heterocycles. The molecule has 168 valence electrons. The number of fused-ring (bicyclic) bond motifs is 3. The average Bonchev–Trinajstić information content (AvgIpc) is 3.50. The zero-order chi connectivity index (χ0) is 22.4. The molecule has 2 aliphatic heterocycles. The maximum absolute atomic E-state index is 13.0. The molecule has 1 aliphatic carbocycles. The van der Waals surface area contributed by atoms with Crippen LogP contribution < -0.4 is 4.90 Å². The third kappa shape index (κ3) is 3.56. The third-order valence-electron chi connectivity index (χ3n) is 7.31. The van der Waals surface area contributed by atoms with Crippen LogP contribution in [0.25, 0.3) is 0 Å². The second kappa shape index (κ2) is 8.23. The zero-order valence-electron chi connectivity index (χ0n) is 18.6. The number of anilines is 1. The summed E-state index contributed by atoms with van der Waals surface area (Å²) >= 11 is 0. The molecule has 33 heavy (non-hydrogen) atoms. The fourth-order valence-electron chi connectivity index (χ4n) is 5.51. The molecule has 0 spiro atoms. The molecule has 0 radical (unpaired) electrons. The first-order valence-electron chi connectivity index (χ1n) is 11.9. The van der Waals surface area contributed by atoms with Gasteiger partial charge in [-0.1, -0.05) is 41.6 Å². The van der Waals surface area contributed by atoms with Gasteiger partial charge in [0.15, 0.2) is 5.69 Å². The predicted molar refractivity (Wildman–Crippen MR) is 125 cm³/mol. The highest BCUT2D eigenvalue weighted by atomic mass is 16.1. The van der Waals surface area contributed by atoms with Crippen LogP contribution >= 0.6 is 0 Å². The van der Waals surface area contributed by atoms with Crippen molar-refractivity contribution in [3.8, 4) is 0 Å². The highest BCUT2D eigenvalue weighted by molar-refractivity contribution is 6.26. The van der Waals surface area contributed by atoms with Crippen molar-refractivity contribution in [1.82, 2.24) is 19.9 Å². The minimum Gasteiger partial charge on any atom is -0.369 e. The number of carbonyl (C=O) groups is 2. The smallest absolute Gasteiger partial charge is 0.216 e. The lowest BCUT2D eigenvalue weighted by Crippen LogP contribution is -2.50. The molecule has 1 aromatic heterocycles. The van der Waals surface area contributed by atoms with Gasteiger partial charge < -0.3 is 4.90 Å². The summed E-state index contributed by atoms with van der Waals surface area (Å²) in [5.74, 6) is -0.391. The van der Waals surface area contributed by atoms with E-state index in [0.717, 1.165) is 25.9 Å². The van der Waals surface area contributed by atoms with Crippen molar-refractivity contribution in [3.63, 3.8) is 0 Å². The van der Waals surface area contributed by atoms with E-state index in [9.17, 15) is 9.59 Å². The van der Waals surface area contributed by atoms with Crippen LogP contribution in [0.2, 0.25) is 0 Å². The Bertz CT molecular complexity index is 1220. The number of rotatable bonds is 5. The van der Waals surface area contributed by atoms with Gasteiger partial charge in [0.25, 0.3) is 0 Å². The number of piperazine rings is 1. The average molecular weight is 442 g/mol. The molecule has 1 unspecified atom stereocenters. The fraction of sp³-hybridized carbons (Fsp3) is 0.385. The molecule has 0 saturated carbocycles. The van der Waals surface area contributed by atoms with Gasteiger partial charge in [-0.3, -0.25) is 14.5 Å². The van der Waals surface area contributed by atoms with Crippen LogP contribution in [0.15, 0.2) is 48.5 Å². The fourth-order valence-corrected chi connectivity index (χ4v) is 5.51. The lowest BCUT2D eigenvalue weighted by atomic mass is 9.90. The first-order valence-corrected chi connectivity index (χ1v) is 11.9. The van der Waals surface area contributed by atoms with E-state index in [0.29, 0.717) is 29.4 Å². The number of nitrogens with zero attached hydrogens (tertiary/aromatic N) is 5. The summed E-state index contributed by atoms with van der Waals surface area (Å²) in [7, 11) is 0. The molecule has 0 amide bonds. The monoisotopic (exact) mass is 441 g/mol. The highest BCUT2D eigenvalue weighted by Gasteiger charge is 2.34. The quantitative estimate of drug-likeness (QED) is 0.474. The number of carbonyl (C=O) groups excluding carboxylic acids is 2. The summed E-state index contributed by atoms with van der Waals surface area (Å²) < 4.78 is 1.60. The Kier molecular flexibility index (Phi) is 5.06. The normalized spacial score (nSPS) is 20.0. The van der Waals surface area contributed by atoms with Gasteiger partial charge in [-0.15, -0.1) is 5.10 Å². The molecule has 6 rings (SSSR count). The second-order valence-electron chi connectivity index (χ2n) is 9.26. The van der Waals surface area contributed by atoms with Crippen molar-refractivity contribution in [2.45, 2.75) is 38.3 Å². The van der Waals surface area contributed by atoms with E-state index in [4.69, 9.17) is 0 Å². The highest BCUT2D eigenvalue weighted by Crippen LogP contribution is 2.27. The molecule has 1 atom stereocenters. The maximum Gasteiger partial charge on any atom is 0.216 e. The van der Waals surface area contributed by atoms with Gasteiger partial charge in [-0.2, -0.15) is 0 Å². The van der Waals surface area contributed by atoms with Crippen LogP contribution in [0.1, 0.15) is 56.9 Å². The summed E-state index contributed by atoms with van der Waals surface area (Å²) in [6.45, 7) is 5.21. The van der Waals surface area contributed by atoms with E-state index in [1.807, 2.05) is 0 Å². The Morgan fingerprint density at radius 1 is 0.909 bits per heavy atom. The van der Waals surface area contributed by atoms with Crippen LogP contribution in [0, 0.1) is 0 Å². The Morgan fingerprint density at radius 2 is 1.70 bits per heavy atom. The molecule has 2 fully saturated rings. The van der Waals surface area contributed by atoms with Gasteiger partial charge in [0, 0.05) is 49.0 Å². The first-order chi connectivity index (χ1) is 16.2. The largest absolute Gasteiger partial charge is 0.369 e. The number of ketones is 2. The molecule has 7 nitrogen and oxygen atoms in total. The maximum atomic E-state index is 13.0. The summed E-state index contributed by atoms with van der Waals surface area (Å²) in [4.78, 5) is 30.8. The topological polar surface area (TPSA) is 71.3 Å². The summed E-state index contributed by atoms with van der Waals surface area (Å²) in [5, 5.41) is 8.16. The molecule has 7 heteroatoms. The van der Waals surface area contributed by atoms with Crippen LogP contribution in [0.5, 0.6) is 0 Å². The Morgan fingerprint density at radius 3 is 2.52 bits per heavy atom. The molecule has 0 N–H and O–H groups in total. The predicted octanol–water partition coefficient (Wildman–Crippen LogP) is 2.97. The summed E-state index contributed by atoms with van der Waals surface area (Å²) in [6.07, 6.45) is 4.35. The minimum atomic E-state index is -0.222. The number of aromatic nitrogens is 3. The first kappa shape index (κ1) is 20.3. The van der Waals surface area contributed by atoms with Crippen molar-refractivity contribution in [1.29, 1.82) is 0 Å². The molecular formula is C26H27N5O2. The van der Waals surface area contributed by atoms with E-state index >= 15 is 0 Å². The van der Waals surface area contributed by atoms with E-state index < -0.39 is 0 Å². The van der Waals surface area contributed by atoms with Crippen molar-refractivity contribution < 1.29 is 9.59 Å². The van der Waals surface area contributed by atoms with Crippen LogP contribution in [-0.2, 0) is 13.0 Å². The molecule has 0 bridgehead atoms. The van der Waals surface area contributed by atoms with E-state index in [2.05, 4.69) is 44.4 Å². The van der Waals surface area contributed by atoms with E-state index in [-0.39, 0.29) is 17.3 Å². The summed E-state index contributed by atoms with van der Waals surface area (Å²) in [6, 6.07) is 16.5. The Balaban J connectivity index is 1.10. The van der Waals surface area contributed by atoms with Gasteiger partial charge in [0.2, 0.25) is 11.6 Å². The third-order valence-corrected chi connectivity index (χ3v) is 7.31. The van der Waals surface area contributed by atoms with Gasteiger partial charge in [-0.25, -0.2) is 4.68 Å². The number of hydrogen-bond acceptors (Lipinski definition) is 6. The minimum absolute atomic E-state index is 0.170. The van der Waals surface area contributed by atoms with Crippen molar-refractivity contribution >= 4 is 17.3 Å².